The summed E-state index contributed by atoms with van der Waals surface area (Å²) in [6, 6.07) is 16.6. The van der Waals surface area contributed by atoms with Gasteiger partial charge in [-0.05, 0) is 55.1 Å². The maximum absolute atomic E-state index is 12.8. The number of rotatable bonds is 6. The minimum absolute atomic E-state index is 0.0339. The van der Waals surface area contributed by atoms with E-state index < -0.39 is 0 Å². The molecule has 0 spiro atoms. The third-order valence-corrected chi connectivity index (χ3v) is 5.72. The van der Waals surface area contributed by atoms with E-state index >= 15 is 0 Å². The fourth-order valence-corrected chi connectivity index (χ4v) is 3.99. The minimum Gasteiger partial charge on any atom is -0.330 e. The molecule has 3 N–H and O–H groups in total. The molecule has 0 saturated heterocycles. The highest BCUT2D eigenvalue weighted by Gasteiger charge is 2.33. The van der Waals surface area contributed by atoms with Gasteiger partial charge in [-0.25, -0.2) is 0 Å². The van der Waals surface area contributed by atoms with Gasteiger partial charge in [0.25, 0.3) is 5.91 Å². The number of amides is 2. The van der Waals surface area contributed by atoms with E-state index in [1.54, 1.807) is 30.1 Å². The first kappa shape index (κ1) is 20.1. The molecule has 2 amide bonds. The molecule has 3 rings (SSSR count). The molecule has 1 aliphatic carbocycles. The number of benzene rings is 2. The van der Waals surface area contributed by atoms with E-state index in [4.69, 9.17) is 5.73 Å². The van der Waals surface area contributed by atoms with E-state index in [-0.39, 0.29) is 17.2 Å². The van der Waals surface area contributed by atoms with Crippen molar-refractivity contribution in [2.45, 2.75) is 38.5 Å². The van der Waals surface area contributed by atoms with Crippen molar-refractivity contribution in [3.8, 4) is 0 Å². The van der Waals surface area contributed by atoms with Crippen molar-refractivity contribution in [2.75, 3.05) is 23.8 Å². The van der Waals surface area contributed by atoms with Gasteiger partial charge in [0.1, 0.15) is 0 Å². The van der Waals surface area contributed by atoms with Crippen LogP contribution < -0.4 is 16.0 Å². The molecule has 0 radical (unpaired) electrons. The highest BCUT2D eigenvalue weighted by atomic mass is 16.2. The van der Waals surface area contributed by atoms with E-state index in [9.17, 15) is 9.59 Å². The van der Waals surface area contributed by atoms with Crippen molar-refractivity contribution < 1.29 is 9.59 Å². The number of hydrogen-bond donors (Lipinski definition) is 2. The fraction of sp³-hybridized carbons (Fsp3) is 0.391. The first-order valence-corrected chi connectivity index (χ1v) is 9.96. The summed E-state index contributed by atoms with van der Waals surface area (Å²) in [7, 11) is 1.75. The van der Waals surface area contributed by atoms with Crippen LogP contribution in [0.1, 0.15) is 48.9 Å². The number of nitrogens with one attached hydrogen (secondary N) is 1. The van der Waals surface area contributed by atoms with Crippen LogP contribution in [0.4, 0.5) is 11.4 Å². The predicted octanol–water partition coefficient (Wildman–Crippen LogP) is 4.20. The third-order valence-electron chi connectivity index (χ3n) is 5.72. The maximum atomic E-state index is 12.8. The van der Waals surface area contributed by atoms with Crippen LogP contribution in [0, 0.1) is 5.41 Å². The Kier molecular flexibility index (Phi) is 6.47. The van der Waals surface area contributed by atoms with Crippen molar-refractivity contribution >= 4 is 23.2 Å². The molecule has 0 aromatic heterocycles. The lowest BCUT2D eigenvalue weighted by Gasteiger charge is -2.35. The summed E-state index contributed by atoms with van der Waals surface area (Å²) in [5.74, 6) is -0.152. The monoisotopic (exact) mass is 379 g/mol. The second-order valence-corrected chi connectivity index (χ2v) is 7.77. The van der Waals surface area contributed by atoms with Gasteiger partial charge in [0.2, 0.25) is 5.91 Å². The Hall–Kier alpha value is -2.66. The van der Waals surface area contributed by atoms with Gasteiger partial charge in [0, 0.05) is 30.4 Å². The Morgan fingerprint density at radius 1 is 1.04 bits per heavy atom. The number of hydrogen-bond acceptors (Lipinski definition) is 3. The average molecular weight is 380 g/mol. The lowest BCUT2D eigenvalue weighted by atomic mass is 9.71. The zero-order chi connectivity index (χ0) is 20.0. The molecule has 5 nitrogen and oxygen atoms in total. The van der Waals surface area contributed by atoms with Gasteiger partial charge in [-0.3, -0.25) is 9.59 Å². The van der Waals surface area contributed by atoms with Gasteiger partial charge >= 0.3 is 0 Å². The van der Waals surface area contributed by atoms with Crippen molar-refractivity contribution in [1.29, 1.82) is 0 Å². The van der Waals surface area contributed by atoms with Crippen LogP contribution in [0.3, 0.4) is 0 Å². The number of carbonyl (C=O) groups excluding carboxylic acids is 2. The highest BCUT2D eigenvalue weighted by molar-refractivity contribution is 6.06. The topological polar surface area (TPSA) is 75.4 Å². The standard InChI is InChI=1S/C23H29N3O2/c1-26(20-11-4-2-5-12-20)22(28)18-9-8-10-19(15-18)25-21(27)16-23(17-24)13-6-3-7-14-23/h2,4-5,8-12,15H,3,6-7,13-14,16-17,24H2,1H3,(H,25,27). The Morgan fingerprint density at radius 2 is 1.75 bits per heavy atom. The second-order valence-electron chi connectivity index (χ2n) is 7.77. The quantitative estimate of drug-likeness (QED) is 0.790. The molecule has 5 heteroatoms. The Morgan fingerprint density at radius 3 is 2.43 bits per heavy atom. The average Bonchev–Trinajstić information content (AvgIpc) is 2.74. The number of anilines is 2. The maximum Gasteiger partial charge on any atom is 0.258 e. The van der Waals surface area contributed by atoms with Gasteiger partial charge in [0.05, 0.1) is 0 Å². The van der Waals surface area contributed by atoms with Crippen LogP contribution in [0.2, 0.25) is 0 Å². The third kappa shape index (κ3) is 4.78. The molecule has 1 saturated carbocycles. The van der Waals surface area contributed by atoms with E-state index in [1.165, 1.54) is 6.42 Å². The smallest absolute Gasteiger partial charge is 0.258 e. The summed E-state index contributed by atoms with van der Waals surface area (Å²) in [4.78, 5) is 27.0. The molecular formula is C23H29N3O2. The molecule has 1 aliphatic rings. The summed E-state index contributed by atoms with van der Waals surface area (Å²) >= 11 is 0. The molecule has 0 bridgehead atoms. The molecule has 28 heavy (non-hydrogen) atoms. The van der Waals surface area contributed by atoms with Gasteiger partial charge in [0.15, 0.2) is 0 Å². The van der Waals surface area contributed by atoms with Crippen molar-refractivity contribution in [3.63, 3.8) is 0 Å². The van der Waals surface area contributed by atoms with Gasteiger partial charge < -0.3 is 16.0 Å². The van der Waals surface area contributed by atoms with Crippen LogP contribution in [0.15, 0.2) is 54.6 Å². The number of nitrogens with zero attached hydrogens (tertiary/aromatic N) is 1. The second kappa shape index (κ2) is 9.02. The van der Waals surface area contributed by atoms with Crippen LogP contribution >= 0.6 is 0 Å². The molecule has 0 atom stereocenters. The zero-order valence-corrected chi connectivity index (χ0v) is 16.5. The summed E-state index contributed by atoms with van der Waals surface area (Å²) in [6.45, 7) is 0.542. The molecule has 0 unspecified atom stereocenters. The largest absolute Gasteiger partial charge is 0.330 e. The van der Waals surface area contributed by atoms with Crippen LogP contribution in [0.25, 0.3) is 0 Å². The lowest BCUT2D eigenvalue weighted by molar-refractivity contribution is -0.118. The normalized spacial score (nSPS) is 15.6. The fourth-order valence-electron chi connectivity index (χ4n) is 3.99. The van der Waals surface area contributed by atoms with E-state index in [2.05, 4.69) is 5.32 Å². The number of nitrogens with two attached hydrogens (primary N) is 1. The Balaban J connectivity index is 1.67. The van der Waals surface area contributed by atoms with Crippen LogP contribution in [-0.2, 0) is 4.79 Å². The summed E-state index contributed by atoms with van der Waals surface area (Å²) in [5, 5.41) is 2.96. The first-order valence-electron chi connectivity index (χ1n) is 9.96. The molecule has 2 aromatic rings. The van der Waals surface area contributed by atoms with Gasteiger partial charge in [-0.15, -0.1) is 0 Å². The SMILES string of the molecule is CN(C(=O)c1cccc(NC(=O)CC2(CN)CCCCC2)c1)c1ccccc1. The van der Waals surface area contributed by atoms with Crippen molar-refractivity contribution in [1.82, 2.24) is 0 Å². The number of carbonyl (C=O) groups is 2. The number of para-hydroxylation sites is 1. The van der Waals surface area contributed by atoms with Crippen molar-refractivity contribution in [3.05, 3.63) is 60.2 Å². The highest BCUT2D eigenvalue weighted by Crippen LogP contribution is 2.38. The van der Waals surface area contributed by atoms with Gasteiger partial charge in [-0.2, -0.15) is 0 Å². The van der Waals surface area contributed by atoms with E-state index in [1.807, 2.05) is 36.4 Å². The predicted molar refractivity (Wildman–Crippen MR) is 113 cm³/mol. The van der Waals surface area contributed by atoms with E-state index in [0.29, 0.717) is 24.2 Å². The Labute approximate surface area is 166 Å². The lowest BCUT2D eigenvalue weighted by Crippen LogP contribution is -2.36. The summed E-state index contributed by atoms with van der Waals surface area (Å²) in [5.41, 5.74) is 7.92. The molecule has 148 valence electrons. The van der Waals surface area contributed by atoms with Crippen LogP contribution in [-0.4, -0.2) is 25.4 Å². The molecule has 1 fully saturated rings. The molecular weight excluding hydrogens is 350 g/mol. The Bertz CT molecular complexity index is 814. The minimum atomic E-state index is -0.118. The molecule has 0 heterocycles. The van der Waals surface area contributed by atoms with Gasteiger partial charge in [-0.1, -0.05) is 43.5 Å². The summed E-state index contributed by atoms with van der Waals surface area (Å²) < 4.78 is 0. The molecule has 0 aliphatic heterocycles. The van der Waals surface area contributed by atoms with E-state index in [0.717, 1.165) is 31.4 Å². The summed E-state index contributed by atoms with van der Waals surface area (Å²) in [6.07, 6.45) is 5.96. The molecule has 2 aromatic carbocycles. The van der Waals surface area contributed by atoms with Crippen LogP contribution in [0.5, 0.6) is 0 Å². The van der Waals surface area contributed by atoms with Crippen molar-refractivity contribution in [2.24, 2.45) is 11.1 Å². The first-order chi connectivity index (χ1) is 13.5. The zero-order valence-electron chi connectivity index (χ0n) is 16.5.